The first-order valence-electron chi connectivity index (χ1n) is 6.60. The van der Waals surface area contributed by atoms with E-state index in [1.54, 1.807) is 18.2 Å². The molecular weight excluding hydrogens is 347 g/mol. The molecule has 116 valence electrons. The van der Waals surface area contributed by atoms with Gasteiger partial charge in [-0.05, 0) is 31.0 Å². The van der Waals surface area contributed by atoms with Gasteiger partial charge in [-0.25, -0.2) is 4.79 Å². The highest BCUT2D eigenvalue weighted by molar-refractivity contribution is 7.15. The van der Waals surface area contributed by atoms with Gasteiger partial charge in [0.2, 0.25) is 5.13 Å². The first-order valence-corrected chi connectivity index (χ1v) is 8.17. The Bertz CT molecular complexity index is 688. The van der Waals surface area contributed by atoms with E-state index in [2.05, 4.69) is 20.8 Å². The normalized spacial score (nSPS) is 17.5. The average Bonchev–Trinajstić information content (AvgIpc) is 3.13. The molecule has 0 radical (unpaired) electrons. The van der Waals surface area contributed by atoms with Crippen molar-refractivity contribution in [3.8, 4) is 0 Å². The van der Waals surface area contributed by atoms with Crippen LogP contribution in [-0.4, -0.2) is 22.8 Å². The highest BCUT2D eigenvalue weighted by atomic mass is 35.5. The molecule has 1 fully saturated rings. The van der Waals surface area contributed by atoms with Gasteiger partial charge in [-0.3, -0.25) is 5.32 Å². The van der Waals surface area contributed by atoms with E-state index in [0.717, 1.165) is 24.5 Å². The molecule has 0 saturated carbocycles. The molecule has 1 aromatic carbocycles. The minimum Gasteiger partial charge on any atom is -0.371 e. The largest absolute Gasteiger partial charge is 0.371 e. The van der Waals surface area contributed by atoms with Crippen LogP contribution >= 0.6 is 34.5 Å². The molecule has 1 saturated heterocycles. The van der Waals surface area contributed by atoms with Crippen molar-refractivity contribution < 1.29 is 9.53 Å². The van der Waals surface area contributed by atoms with Gasteiger partial charge in [-0.2, -0.15) is 0 Å². The maximum atomic E-state index is 11.9. The second-order valence-corrected chi connectivity index (χ2v) is 6.48. The van der Waals surface area contributed by atoms with Gasteiger partial charge < -0.3 is 10.1 Å². The Labute approximate surface area is 140 Å². The zero-order chi connectivity index (χ0) is 15.5. The van der Waals surface area contributed by atoms with Crippen molar-refractivity contribution in [2.24, 2.45) is 0 Å². The number of rotatable bonds is 3. The van der Waals surface area contributed by atoms with E-state index in [9.17, 15) is 4.79 Å². The summed E-state index contributed by atoms with van der Waals surface area (Å²) in [5.41, 5.74) is 0.538. The molecule has 0 bridgehead atoms. The summed E-state index contributed by atoms with van der Waals surface area (Å²) in [5, 5.41) is 15.3. The van der Waals surface area contributed by atoms with Crippen molar-refractivity contribution in [3.05, 3.63) is 33.3 Å². The first kappa shape index (κ1) is 15.5. The maximum Gasteiger partial charge on any atom is 0.325 e. The van der Waals surface area contributed by atoms with Crippen LogP contribution in [0.15, 0.2) is 18.2 Å². The Hall–Kier alpha value is -1.41. The molecule has 1 atom stereocenters. The maximum absolute atomic E-state index is 11.9. The molecule has 1 aromatic heterocycles. The molecule has 1 aliphatic heterocycles. The van der Waals surface area contributed by atoms with Crippen molar-refractivity contribution >= 4 is 51.4 Å². The topological polar surface area (TPSA) is 76.1 Å². The van der Waals surface area contributed by atoms with Crippen LogP contribution in [0.2, 0.25) is 10.0 Å². The van der Waals surface area contributed by atoms with E-state index in [1.807, 2.05) is 0 Å². The number of aromatic nitrogens is 2. The van der Waals surface area contributed by atoms with E-state index in [-0.39, 0.29) is 6.10 Å². The molecule has 6 nitrogen and oxygen atoms in total. The number of halogens is 2. The van der Waals surface area contributed by atoms with Crippen molar-refractivity contribution in [2.75, 3.05) is 17.2 Å². The lowest BCUT2D eigenvalue weighted by molar-refractivity contribution is 0.111. The Morgan fingerprint density at radius 3 is 2.86 bits per heavy atom. The number of benzene rings is 1. The van der Waals surface area contributed by atoms with Crippen LogP contribution in [0, 0.1) is 0 Å². The van der Waals surface area contributed by atoms with Crippen LogP contribution in [0.3, 0.4) is 0 Å². The van der Waals surface area contributed by atoms with Crippen molar-refractivity contribution in [2.45, 2.75) is 18.9 Å². The summed E-state index contributed by atoms with van der Waals surface area (Å²) in [6, 6.07) is 4.42. The lowest BCUT2D eigenvalue weighted by atomic mass is 10.2. The number of ether oxygens (including phenoxy) is 1. The van der Waals surface area contributed by atoms with Crippen molar-refractivity contribution in [3.63, 3.8) is 0 Å². The number of nitrogens with one attached hydrogen (secondary N) is 2. The molecule has 2 N–H and O–H groups in total. The summed E-state index contributed by atoms with van der Waals surface area (Å²) in [5.74, 6) is 0. The molecular formula is C13H12Cl2N4O2S. The third-order valence-corrected chi connectivity index (χ3v) is 4.71. The van der Waals surface area contributed by atoms with Gasteiger partial charge in [0.1, 0.15) is 11.1 Å². The Morgan fingerprint density at radius 1 is 1.27 bits per heavy atom. The van der Waals surface area contributed by atoms with Gasteiger partial charge >= 0.3 is 6.03 Å². The van der Waals surface area contributed by atoms with E-state index < -0.39 is 6.03 Å². The Kier molecular flexibility index (Phi) is 4.77. The fourth-order valence-electron chi connectivity index (χ4n) is 2.02. The molecule has 2 amide bonds. The molecule has 1 aliphatic rings. The van der Waals surface area contributed by atoms with Crippen LogP contribution in [0.5, 0.6) is 0 Å². The van der Waals surface area contributed by atoms with Gasteiger partial charge in [-0.15, -0.1) is 10.2 Å². The molecule has 0 unspecified atom stereocenters. The lowest BCUT2D eigenvalue weighted by Crippen LogP contribution is -2.19. The van der Waals surface area contributed by atoms with Gasteiger partial charge in [0.15, 0.2) is 0 Å². The quantitative estimate of drug-likeness (QED) is 0.855. The zero-order valence-electron chi connectivity index (χ0n) is 11.3. The fraction of sp³-hybridized carbons (Fsp3) is 0.308. The van der Waals surface area contributed by atoms with Crippen LogP contribution in [0.25, 0.3) is 0 Å². The van der Waals surface area contributed by atoms with Crippen molar-refractivity contribution in [1.82, 2.24) is 10.2 Å². The summed E-state index contributed by atoms with van der Waals surface area (Å²) < 4.78 is 5.53. The van der Waals surface area contributed by atoms with Crippen LogP contribution in [-0.2, 0) is 4.74 Å². The second kappa shape index (κ2) is 6.78. The zero-order valence-corrected chi connectivity index (χ0v) is 13.6. The molecule has 9 heteroatoms. The van der Waals surface area contributed by atoms with Crippen LogP contribution in [0.4, 0.5) is 15.6 Å². The number of hydrogen-bond donors (Lipinski definition) is 2. The summed E-state index contributed by atoms with van der Waals surface area (Å²) in [7, 11) is 0. The third kappa shape index (κ3) is 3.67. The standard InChI is InChI=1S/C13H12Cl2N4O2S/c14-8-4-3-7(6-9(8)15)16-12(20)17-13-19-18-11(22-13)10-2-1-5-21-10/h3-4,6,10H,1-2,5H2,(H2,16,17,19,20)/t10-/m1/s1. The van der Waals surface area contributed by atoms with Gasteiger partial charge in [0, 0.05) is 12.3 Å². The predicted octanol–water partition coefficient (Wildman–Crippen LogP) is 4.34. The smallest absolute Gasteiger partial charge is 0.325 e. The monoisotopic (exact) mass is 358 g/mol. The summed E-state index contributed by atoms with van der Waals surface area (Å²) in [4.78, 5) is 11.9. The van der Waals surface area contributed by atoms with E-state index in [1.165, 1.54) is 11.3 Å². The number of carbonyl (C=O) groups excluding carboxylic acids is 1. The number of anilines is 2. The van der Waals surface area contributed by atoms with E-state index in [0.29, 0.717) is 20.9 Å². The fourth-order valence-corrected chi connectivity index (χ4v) is 3.14. The molecule has 2 aromatic rings. The van der Waals surface area contributed by atoms with Crippen molar-refractivity contribution in [1.29, 1.82) is 0 Å². The molecule has 22 heavy (non-hydrogen) atoms. The molecule has 0 spiro atoms. The van der Waals surface area contributed by atoms with Gasteiger partial charge in [0.25, 0.3) is 0 Å². The molecule has 2 heterocycles. The number of urea groups is 1. The van der Waals surface area contributed by atoms with Crippen LogP contribution < -0.4 is 10.6 Å². The number of amides is 2. The van der Waals surface area contributed by atoms with Crippen LogP contribution in [0.1, 0.15) is 24.0 Å². The molecule has 0 aliphatic carbocycles. The minimum atomic E-state index is -0.423. The third-order valence-electron chi connectivity index (χ3n) is 3.04. The van der Waals surface area contributed by atoms with E-state index in [4.69, 9.17) is 27.9 Å². The number of hydrogen-bond acceptors (Lipinski definition) is 5. The first-order chi connectivity index (χ1) is 10.6. The lowest BCUT2D eigenvalue weighted by Gasteiger charge is -2.06. The molecule has 3 rings (SSSR count). The summed E-state index contributed by atoms with van der Waals surface area (Å²) in [6.07, 6.45) is 1.95. The summed E-state index contributed by atoms with van der Waals surface area (Å²) >= 11 is 13.0. The highest BCUT2D eigenvalue weighted by Crippen LogP contribution is 2.32. The van der Waals surface area contributed by atoms with Gasteiger partial charge in [-0.1, -0.05) is 34.5 Å². The summed E-state index contributed by atoms with van der Waals surface area (Å²) in [6.45, 7) is 0.741. The Morgan fingerprint density at radius 2 is 2.14 bits per heavy atom. The average molecular weight is 359 g/mol. The highest BCUT2D eigenvalue weighted by Gasteiger charge is 2.22. The SMILES string of the molecule is O=C(Nc1ccc(Cl)c(Cl)c1)Nc1nnc([C@H]2CCCO2)s1. The number of nitrogens with zero attached hydrogens (tertiary/aromatic N) is 2. The Balaban J connectivity index is 1.60. The number of carbonyl (C=O) groups is 1. The predicted molar refractivity (Wildman–Crippen MR) is 86.9 cm³/mol. The van der Waals surface area contributed by atoms with Gasteiger partial charge in [0.05, 0.1) is 10.0 Å². The minimum absolute atomic E-state index is 0.00816. The van der Waals surface area contributed by atoms with E-state index >= 15 is 0 Å². The second-order valence-electron chi connectivity index (χ2n) is 4.66.